The molecule has 1 aliphatic rings. The van der Waals surface area contributed by atoms with Gasteiger partial charge in [-0.1, -0.05) is 24.3 Å². The van der Waals surface area contributed by atoms with Crippen molar-refractivity contribution in [2.75, 3.05) is 18.7 Å². The van der Waals surface area contributed by atoms with Gasteiger partial charge in [0.1, 0.15) is 6.04 Å². The Hall–Kier alpha value is -2.40. The Labute approximate surface area is 129 Å². The topological polar surface area (TPSA) is 56.7 Å². The summed E-state index contributed by atoms with van der Waals surface area (Å²) < 4.78 is 0. The van der Waals surface area contributed by atoms with Gasteiger partial charge in [-0.05, 0) is 29.7 Å². The molecule has 5 nitrogen and oxygen atoms in total. The molecule has 1 amide bonds. The Bertz CT molecular complexity index is 674. The van der Waals surface area contributed by atoms with Gasteiger partial charge in [-0.25, -0.2) is 5.06 Å². The van der Waals surface area contributed by atoms with Gasteiger partial charge in [-0.2, -0.15) is 0 Å². The fraction of sp³-hybridized carbons (Fsp3) is 0.294. The third kappa shape index (κ3) is 2.67. The molecular weight excluding hydrogens is 278 g/mol. The minimum absolute atomic E-state index is 0.262. The van der Waals surface area contributed by atoms with Crippen molar-refractivity contribution in [2.45, 2.75) is 18.9 Å². The van der Waals surface area contributed by atoms with E-state index in [0.717, 1.165) is 35.3 Å². The molecular formula is C17H19N3O2. The van der Waals surface area contributed by atoms with E-state index >= 15 is 0 Å². The van der Waals surface area contributed by atoms with Gasteiger partial charge in [-0.3, -0.25) is 15.0 Å². The number of rotatable bonds is 4. The van der Waals surface area contributed by atoms with E-state index in [9.17, 15) is 10.0 Å². The van der Waals surface area contributed by atoms with Gasteiger partial charge < -0.3 is 4.90 Å². The summed E-state index contributed by atoms with van der Waals surface area (Å²) in [5.41, 5.74) is 3.87. The van der Waals surface area contributed by atoms with E-state index in [-0.39, 0.29) is 6.04 Å². The van der Waals surface area contributed by atoms with Crippen LogP contribution in [0.3, 0.4) is 0 Å². The van der Waals surface area contributed by atoms with E-state index in [2.05, 4.69) is 11.1 Å². The summed E-state index contributed by atoms with van der Waals surface area (Å²) in [6, 6.07) is 11.5. The van der Waals surface area contributed by atoms with Crippen molar-refractivity contribution in [2.24, 2.45) is 0 Å². The number of amides is 1. The fourth-order valence-corrected chi connectivity index (χ4v) is 2.91. The van der Waals surface area contributed by atoms with E-state index in [4.69, 9.17) is 0 Å². The number of pyridine rings is 1. The van der Waals surface area contributed by atoms with Crippen LogP contribution in [-0.2, 0) is 11.2 Å². The van der Waals surface area contributed by atoms with Crippen LogP contribution in [0, 0.1) is 0 Å². The second-order valence-corrected chi connectivity index (χ2v) is 5.59. The number of benzene rings is 1. The lowest BCUT2D eigenvalue weighted by Crippen LogP contribution is -2.29. The number of hydroxylamine groups is 1. The van der Waals surface area contributed by atoms with Crippen molar-refractivity contribution in [3.05, 3.63) is 59.4 Å². The third-order valence-corrected chi connectivity index (χ3v) is 4.09. The molecule has 2 heterocycles. The van der Waals surface area contributed by atoms with Crippen LogP contribution in [0.1, 0.15) is 29.3 Å². The smallest absolute Gasteiger partial charge is 0.209 e. The molecule has 1 unspecified atom stereocenters. The maximum Gasteiger partial charge on any atom is 0.209 e. The Balaban J connectivity index is 2.01. The summed E-state index contributed by atoms with van der Waals surface area (Å²) in [5.74, 6) is 0. The third-order valence-electron chi connectivity index (χ3n) is 4.09. The maximum atomic E-state index is 10.8. The average molecular weight is 297 g/mol. The molecule has 22 heavy (non-hydrogen) atoms. The van der Waals surface area contributed by atoms with E-state index in [1.165, 1.54) is 5.06 Å². The molecule has 5 heteroatoms. The Morgan fingerprint density at radius 1 is 1.32 bits per heavy atom. The van der Waals surface area contributed by atoms with Gasteiger partial charge in [-0.15, -0.1) is 0 Å². The SMILES string of the molecule is CN(C=O)CCC1c2ncccc2Cc2ccccc2N1O. The number of carbonyl (C=O) groups excluding carboxylic acids is 1. The first-order valence-corrected chi connectivity index (χ1v) is 7.36. The molecule has 0 aliphatic carbocycles. The molecule has 2 aromatic rings. The summed E-state index contributed by atoms with van der Waals surface area (Å²) in [5, 5.41) is 12.0. The zero-order valence-corrected chi connectivity index (χ0v) is 12.5. The van der Waals surface area contributed by atoms with Crippen LogP contribution in [0.4, 0.5) is 5.69 Å². The average Bonchev–Trinajstić information content (AvgIpc) is 2.67. The second kappa shape index (κ2) is 6.15. The predicted molar refractivity (Wildman–Crippen MR) is 83.8 cm³/mol. The summed E-state index contributed by atoms with van der Waals surface area (Å²) >= 11 is 0. The predicted octanol–water partition coefficient (Wildman–Crippen LogP) is 2.40. The number of aromatic nitrogens is 1. The van der Waals surface area contributed by atoms with E-state index in [1.54, 1.807) is 18.1 Å². The zero-order chi connectivity index (χ0) is 15.5. The largest absolute Gasteiger partial charge is 0.348 e. The molecule has 0 saturated heterocycles. The lowest BCUT2D eigenvalue weighted by atomic mass is 10.0. The Morgan fingerprint density at radius 3 is 2.91 bits per heavy atom. The summed E-state index contributed by atoms with van der Waals surface area (Å²) in [4.78, 5) is 16.9. The normalized spacial score (nSPS) is 16.5. The molecule has 1 atom stereocenters. The highest BCUT2D eigenvalue weighted by atomic mass is 16.5. The molecule has 3 rings (SSSR count). The first-order valence-electron chi connectivity index (χ1n) is 7.36. The van der Waals surface area contributed by atoms with E-state index < -0.39 is 0 Å². The maximum absolute atomic E-state index is 10.8. The zero-order valence-electron chi connectivity index (χ0n) is 12.5. The minimum atomic E-state index is -0.262. The van der Waals surface area contributed by atoms with Crippen molar-refractivity contribution < 1.29 is 10.0 Å². The molecule has 1 N–H and O–H groups in total. The van der Waals surface area contributed by atoms with Gasteiger partial charge in [0.15, 0.2) is 0 Å². The molecule has 0 bridgehead atoms. The molecule has 1 aliphatic heterocycles. The van der Waals surface area contributed by atoms with Crippen molar-refractivity contribution in [3.63, 3.8) is 0 Å². The number of anilines is 1. The first-order chi connectivity index (χ1) is 10.7. The lowest BCUT2D eigenvalue weighted by Gasteiger charge is -2.28. The van der Waals surface area contributed by atoms with E-state index in [0.29, 0.717) is 13.0 Å². The van der Waals surface area contributed by atoms with Gasteiger partial charge in [0.05, 0.1) is 11.4 Å². The number of hydrogen-bond donors (Lipinski definition) is 1. The summed E-state index contributed by atoms with van der Waals surface area (Å²) in [6.07, 6.45) is 3.91. The van der Waals surface area contributed by atoms with Crippen molar-refractivity contribution in [1.29, 1.82) is 0 Å². The highest BCUT2D eigenvalue weighted by Gasteiger charge is 2.28. The van der Waals surface area contributed by atoms with Crippen molar-refractivity contribution in [1.82, 2.24) is 9.88 Å². The van der Waals surface area contributed by atoms with Crippen molar-refractivity contribution in [3.8, 4) is 0 Å². The molecule has 0 radical (unpaired) electrons. The first kappa shape index (κ1) is 14.5. The quantitative estimate of drug-likeness (QED) is 0.881. The fourth-order valence-electron chi connectivity index (χ4n) is 2.91. The van der Waals surface area contributed by atoms with Crippen LogP contribution in [0.15, 0.2) is 42.6 Å². The molecule has 1 aromatic carbocycles. The monoisotopic (exact) mass is 297 g/mol. The van der Waals surface area contributed by atoms with Gasteiger partial charge in [0, 0.05) is 26.2 Å². The molecule has 1 aromatic heterocycles. The number of hydrogen-bond acceptors (Lipinski definition) is 4. The molecule has 114 valence electrons. The van der Waals surface area contributed by atoms with Crippen LogP contribution in [-0.4, -0.2) is 35.1 Å². The molecule has 0 saturated carbocycles. The van der Waals surface area contributed by atoms with Crippen LogP contribution < -0.4 is 5.06 Å². The number of nitrogens with zero attached hydrogens (tertiary/aromatic N) is 3. The van der Waals surface area contributed by atoms with Gasteiger partial charge >= 0.3 is 0 Å². The number of fused-ring (bicyclic) bond motifs is 2. The van der Waals surface area contributed by atoms with Gasteiger partial charge in [0.25, 0.3) is 0 Å². The molecule has 0 spiro atoms. The summed E-state index contributed by atoms with van der Waals surface area (Å²) in [7, 11) is 1.73. The Morgan fingerprint density at radius 2 is 2.09 bits per heavy atom. The molecule has 0 fully saturated rings. The lowest BCUT2D eigenvalue weighted by molar-refractivity contribution is -0.117. The summed E-state index contributed by atoms with van der Waals surface area (Å²) in [6.45, 7) is 0.559. The van der Waals surface area contributed by atoms with Gasteiger partial charge in [0.2, 0.25) is 6.41 Å². The Kier molecular flexibility index (Phi) is 4.06. The second-order valence-electron chi connectivity index (χ2n) is 5.59. The number of para-hydroxylation sites is 1. The van der Waals surface area contributed by atoms with Crippen molar-refractivity contribution >= 4 is 12.1 Å². The number of carbonyl (C=O) groups is 1. The van der Waals surface area contributed by atoms with Crippen LogP contribution in [0.2, 0.25) is 0 Å². The van der Waals surface area contributed by atoms with Crippen LogP contribution >= 0.6 is 0 Å². The minimum Gasteiger partial charge on any atom is -0.348 e. The van der Waals surface area contributed by atoms with Crippen LogP contribution in [0.25, 0.3) is 0 Å². The highest BCUT2D eigenvalue weighted by molar-refractivity contribution is 5.57. The standard InChI is InChI=1S/C17H19N3O2/c1-19(12-21)10-8-16-17-14(6-4-9-18-17)11-13-5-2-3-7-15(13)20(16)22/h2-7,9,12,16,22H,8,10-11H2,1H3. The van der Waals surface area contributed by atoms with E-state index in [1.807, 2.05) is 30.3 Å². The highest BCUT2D eigenvalue weighted by Crippen LogP contribution is 2.36. The van der Waals surface area contributed by atoms with Crippen LogP contribution in [0.5, 0.6) is 0 Å².